The topological polar surface area (TPSA) is 27.7 Å². The monoisotopic (exact) mass is 316 g/mol. The predicted octanol–water partition coefficient (Wildman–Crippen LogP) is 3.89. The third-order valence-electron chi connectivity index (χ3n) is 2.64. The average Bonchev–Trinajstić information content (AvgIpc) is 2.44. The first kappa shape index (κ1) is 16.7. The van der Waals surface area contributed by atoms with Crippen molar-refractivity contribution in [3.05, 3.63) is 17.7 Å². The number of hydrogen-bond donors (Lipinski definition) is 0. The van der Waals surface area contributed by atoms with Crippen LogP contribution >= 0.6 is 11.6 Å². The van der Waals surface area contributed by atoms with Gasteiger partial charge in [-0.3, -0.25) is 0 Å². The Labute approximate surface area is 118 Å². The highest BCUT2D eigenvalue weighted by Gasteiger charge is 2.50. The van der Waals surface area contributed by atoms with Crippen LogP contribution in [0.2, 0.25) is 0 Å². The molecule has 1 rings (SSSR count). The highest BCUT2D eigenvalue weighted by molar-refractivity contribution is 6.22. The molecule has 1 aromatic rings. The van der Waals surface area contributed by atoms with E-state index >= 15 is 0 Å². The normalized spacial score (nSPS) is 13.2. The SMILES string of the molecule is COc1cc(OC)c(C(Cl)C(F)(F)C(F)F)c(OC)c1. The quantitative estimate of drug-likeness (QED) is 0.588. The molecule has 0 spiro atoms. The molecule has 0 fully saturated rings. The summed E-state index contributed by atoms with van der Waals surface area (Å²) in [5.74, 6) is -4.42. The molecular formula is C12H13ClF4O3. The van der Waals surface area contributed by atoms with Gasteiger partial charge in [-0.2, -0.15) is 8.78 Å². The van der Waals surface area contributed by atoms with Crippen molar-refractivity contribution in [2.75, 3.05) is 21.3 Å². The van der Waals surface area contributed by atoms with Crippen LogP contribution in [0.15, 0.2) is 12.1 Å². The van der Waals surface area contributed by atoms with Crippen molar-refractivity contribution in [3.63, 3.8) is 0 Å². The Kier molecular flexibility index (Phi) is 5.33. The molecule has 0 N–H and O–H groups in total. The lowest BCUT2D eigenvalue weighted by atomic mass is 10.0. The minimum Gasteiger partial charge on any atom is -0.496 e. The van der Waals surface area contributed by atoms with Gasteiger partial charge < -0.3 is 14.2 Å². The third kappa shape index (κ3) is 3.03. The second-order valence-corrected chi connectivity index (χ2v) is 4.22. The summed E-state index contributed by atoms with van der Waals surface area (Å²) in [6.07, 6.45) is -3.92. The van der Waals surface area contributed by atoms with E-state index in [2.05, 4.69) is 0 Å². The van der Waals surface area contributed by atoms with Crippen molar-refractivity contribution in [1.82, 2.24) is 0 Å². The Morgan fingerprint density at radius 2 is 1.45 bits per heavy atom. The summed E-state index contributed by atoms with van der Waals surface area (Å²) in [6, 6.07) is 2.52. The molecule has 0 saturated heterocycles. The van der Waals surface area contributed by atoms with E-state index in [0.29, 0.717) is 0 Å². The molecule has 0 aliphatic heterocycles. The van der Waals surface area contributed by atoms with E-state index in [0.717, 1.165) is 0 Å². The molecule has 0 radical (unpaired) electrons. The standard InChI is InChI=1S/C12H13ClF4O3/c1-18-6-4-7(19-2)9(8(5-6)20-3)10(13)12(16,17)11(14)15/h4-5,10-11H,1-3H3. The number of hydrogen-bond acceptors (Lipinski definition) is 3. The van der Waals surface area contributed by atoms with E-state index in [4.69, 9.17) is 25.8 Å². The minimum atomic E-state index is -4.43. The summed E-state index contributed by atoms with van der Waals surface area (Å²) in [4.78, 5) is 0. The van der Waals surface area contributed by atoms with Crippen LogP contribution in [-0.4, -0.2) is 33.7 Å². The number of ether oxygens (including phenoxy) is 3. The first-order valence-electron chi connectivity index (χ1n) is 5.39. The fourth-order valence-electron chi connectivity index (χ4n) is 1.59. The zero-order chi connectivity index (χ0) is 15.5. The second-order valence-electron chi connectivity index (χ2n) is 3.78. The van der Waals surface area contributed by atoms with Gasteiger partial charge in [0.05, 0.1) is 26.9 Å². The molecule has 0 saturated carbocycles. The number of methoxy groups -OCH3 is 3. The smallest absolute Gasteiger partial charge is 0.327 e. The van der Waals surface area contributed by atoms with E-state index in [1.165, 1.54) is 33.5 Å². The van der Waals surface area contributed by atoms with Gasteiger partial charge in [-0.25, -0.2) is 8.78 Å². The molecule has 0 aliphatic rings. The van der Waals surface area contributed by atoms with E-state index in [1.807, 2.05) is 0 Å². The van der Waals surface area contributed by atoms with Gasteiger partial charge in [0, 0.05) is 12.1 Å². The summed E-state index contributed by atoms with van der Waals surface area (Å²) in [6.45, 7) is 0. The molecule has 114 valence electrons. The summed E-state index contributed by atoms with van der Waals surface area (Å²) in [7, 11) is 3.74. The van der Waals surface area contributed by atoms with Crippen molar-refractivity contribution in [3.8, 4) is 17.2 Å². The molecule has 0 aromatic heterocycles. The molecule has 0 heterocycles. The van der Waals surface area contributed by atoms with Crippen molar-refractivity contribution >= 4 is 11.6 Å². The summed E-state index contributed by atoms with van der Waals surface area (Å²) in [5, 5.41) is -2.31. The lowest BCUT2D eigenvalue weighted by molar-refractivity contribution is -0.131. The second kappa shape index (κ2) is 6.39. The highest BCUT2D eigenvalue weighted by Crippen LogP contribution is 2.49. The molecule has 0 amide bonds. The first-order valence-corrected chi connectivity index (χ1v) is 5.83. The molecule has 20 heavy (non-hydrogen) atoms. The van der Waals surface area contributed by atoms with Crippen molar-refractivity contribution in [2.24, 2.45) is 0 Å². The number of halogens is 5. The van der Waals surface area contributed by atoms with Crippen LogP contribution in [0.3, 0.4) is 0 Å². The Morgan fingerprint density at radius 1 is 1.00 bits per heavy atom. The Morgan fingerprint density at radius 3 is 1.75 bits per heavy atom. The first-order chi connectivity index (χ1) is 9.29. The summed E-state index contributed by atoms with van der Waals surface area (Å²) >= 11 is 5.53. The summed E-state index contributed by atoms with van der Waals surface area (Å²) in [5.41, 5.74) is -0.359. The number of alkyl halides is 5. The average molecular weight is 317 g/mol. The Balaban J connectivity index is 3.42. The van der Waals surface area contributed by atoms with Gasteiger partial charge in [-0.05, 0) is 0 Å². The van der Waals surface area contributed by atoms with Crippen LogP contribution in [0.5, 0.6) is 17.2 Å². The lowest BCUT2D eigenvalue weighted by Crippen LogP contribution is -2.32. The molecule has 3 nitrogen and oxygen atoms in total. The minimum absolute atomic E-state index is 0.124. The third-order valence-corrected chi connectivity index (χ3v) is 3.14. The molecule has 0 bridgehead atoms. The molecular weight excluding hydrogens is 304 g/mol. The maximum absolute atomic E-state index is 13.4. The fraction of sp³-hybridized carbons (Fsp3) is 0.500. The van der Waals surface area contributed by atoms with Gasteiger partial charge in [0.25, 0.3) is 0 Å². The van der Waals surface area contributed by atoms with Gasteiger partial charge in [-0.1, -0.05) is 0 Å². The number of benzene rings is 1. The maximum atomic E-state index is 13.4. The van der Waals surface area contributed by atoms with Crippen LogP contribution in [-0.2, 0) is 0 Å². The number of rotatable bonds is 6. The fourth-order valence-corrected chi connectivity index (χ4v) is 1.90. The Hall–Kier alpha value is -1.37. The zero-order valence-corrected chi connectivity index (χ0v) is 11.7. The van der Waals surface area contributed by atoms with Gasteiger partial charge in [0.1, 0.15) is 22.6 Å². The molecule has 1 atom stereocenters. The molecule has 8 heteroatoms. The largest absolute Gasteiger partial charge is 0.496 e. The van der Waals surface area contributed by atoms with Crippen molar-refractivity contribution in [2.45, 2.75) is 17.7 Å². The zero-order valence-electron chi connectivity index (χ0n) is 10.9. The van der Waals surface area contributed by atoms with Gasteiger partial charge >= 0.3 is 12.3 Å². The van der Waals surface area contributed by atoms with Gasteiger partial charge in [-0.15, -0.1) is 11.6 Å². The summed E-state index contributed by atoms with van der Waals surface area (Å²) < 4.78 is 66.4. The van der Waals surface area contributed by atoms with Crippen molar-refractivity contribution < 1.29 is 31.8 Å². The van der Waals surface area contributed by atoms with E-state index in [1.54, 1.807) is 0 Å². The molecule has 1 aromatic carbocycles. The van der Waals surface area contributed by atoms with Crippen LogP contribution in [0, 0.1) is 0 Å². The van der Waals surface area contributed by atoms with Crippen LogP contribution in [0.1, 0.15) is 10.9 Å². The molecule has 1 unspecified atom stereocenters. The maximum Gasteiger partial charge on any atom is 0.327 e. The molecule has 0 aliphatic carbocycles. The van der Waals surface area contributed by atoms with Crippen LogP contribution in [0.25, 0.3) is 0 Å². The Bertz CT molecular complexity index is 443. The van der Waals surface area contributed by atoms with E-state index < -0.39 is 17.7 Å². The van der Waals surface area contributed by atoms with E-state index in [-0.39, 0.29) is 22.8 Å². The van der Waals surface area contributed by atoms with Crippen molar-refractivity contribution in [1.29, 1.82) is 0 Å². The van der Waals surface area contributed by atoms with Crippen LogP contribution in [0.4, 0.5) is 17.6 Å². The lowest BCUT2D eigenvalue weighted by Gasteiger charge is -2.24. The van der Waals surface area contributed by atoms with Crippen LogP contribution < -0.4 is 14.2 Å². The van der Waals surface area contributed by atoms with E-state index in [9.17, 15) is 17.6 Å². The van der Waals surface area contributed by atoms with Gasteiger partial charge in [0.15, 0.2) is 0 Å². The highest BCUT2D eigenvalue weighted by atomic mass is 35.5. The van der Waals surface area contributed by atoms with Gasteiger partial charge in [0.2, 0.25) is 0 Å². The predicted molar refractivity (Wildman–Crippen MR) is 65.6 cm³/mol.